The number of halogens is 1. The Bertz CT molecular complexity index is 478. The average molecular weight is 343 g/mol. The number of ketones is 1. The largest absolute Gasteiger partial charge is 0.308 e. The van der Waals surface area contributed by atoms with Crippen molar-refractivity contribution in [3.63, 3.8) is 0 Å². The molecule has 0 amide bonds. The SMILES string of the molecule is CCC1(C(=O)c2c(Br)cnn2CCN(C)C)CCCN1. The number of nitrogens with one attached hydrogen (secondary N) is 1. The third-order valence-electron chi connectivity index (χ3n) is 4.05. The van der Waals surface area contributed by atoms with Gasteiger partial charge in [-0.15, -0.1) is 0 Å². The van der Waals surface area contributed by atoms with Gasteiger partial charge in [0.2, 0.25) is 5.78 Å². The number of hydrogen-bond donors (Lipinski definition) is 1. The molecule has 5 nitrogen and oxygen atoms in total. The normalized spacial score (nSPS) is 22.6. The lowest BCUT2D eigenvalue weighted by Gasteiger charge is -2.27. The van der Waals surface area contributed by atoms with Crippen molar-refractivity contribution in [1.82, 2.24) is 20.0 Å². The number of carbonyl (C=O) groups excluding carboxylic acids is 1. The Morgan fingerprint density at radius 2 is 2.35 bits per heavy atom. The summed E-state index contributed by atoms with van der Waals surface area (Å²) in [6.07, 6.45) is 4.51. The van der Waals surface area contributed by atoms with Crippen LogP contribution in [0.4, 0.5) is 0 Å². The van der Waals surface area contributed by atoms with Crippen molar-refractivity contribution in [3.05, 3.63) is 16.4 Å². The monoisotopic (exact) mass is 342 g/mol. The maximum Gasteiger partial charge on any atom is 0.201 e. The van der Waals surface area contributed by atoms with Crippen molar-refractivity contribution in [1.29, 1.82) is 0 Å². The molecule has 2 rings (SSSR count). The number of rotatable bonds is 6. The summed E-state index contributed by atoms with van der Waals surface area (Å²) in [6, 6.07) is 0. The molecule has 0 radical (unpaired) electrons. The smallest absolute Gasteiger partial charge is 0.201 e. The summed E-state index contributed by atoms with van der Waals surface area (Å²) in [6.45, 7) is 4.58. The molecule has 1 aromatic rings. The van der Waals surface area contributed by atoms with Gasteiger partial charge in [0.15, 0.2) is 0 Å². The van der Waals surface area contributed by atoms with E-state index >= 15 is 0 Å². The van der Waals surface area contributed by atoms with Crippen molar-refractivity contribution in [2.45, 2.75) is 38.3 Å². The first-order valence-electron chi connectivity index (χ1n) is 7.16. The second kappa shape index (κ2) is 6.37. The van der Waals surface area contributed by atoms with E-state index in [1.165, 1.54) is 0 Å². The van der Waals surface area contributed by atoms with E-state index in [2.05, 4.69) is 38.2 Å². The van der Waals surface area contributed by atoms with Crippen molar-refractivity contribution >= 4 is 21.7 Å². The number of nitrogens with zero attached hydrogens (tertiary/aromatic N) is 3. The van der Waals surface area contributed by atoms with E-state index < -0.39 is 5.54 Å². The molecule has 20 heavy (non-hydrogen) atoms. The fraction of sp³-hybridized carbons (Fsp3) is 0.714. The molecule has 1 fully saturated rings. The fourth-order valence-corrected chi connectivity index (χ4v) is 3.22. The van der Waals surface area contributed by atoms with Crippen LogP contribution in [0.1, 0.15) is 36.7 Å². The van der Waals surface area contributed by atoms with Crippen molar-refractivity contribution in [3.8, 4) is 0 Å². The summed E-state index contributed by atoms with van der Waals surface area (Å²) in [4.78, 5) is 15.1. The average Bonchev–Trinajstić information content (AvgIpc) is 3.03. The highest BCUT2D eigenvalue weighted by atomic mass is 79.9. The predicted octanol–water partition coefficient (Wildman–Crippen LogP) is 1.92. The first kappa shape index (κ1) is 15.7. The van der Waals surface area contributed by atoms with Gasteiger partial charge in [0.05, 0.1) is 22.8 Å². The molecule has 0 saturated carbocycles. The third kappa shape index (κ3) is 2.97. The molecule has 1 aliphatic heterocycles. The van der Waals surface area contributed by atoms with Gasteiger partial charge < -0.3 is 10.2 Å². The van der Waals surface area contributed by atoms with Gasteiger partial charge in [-0.05, 0) is 55.8 Å². The van der Waals surface area contributed by atoms with Gasteiger partial charge >= 0.3 is 0 Å². The summed E-state index contributed by atoms with van der Waals surface area (Å²) in [5.74, 6) is 0.167. The van der Waals surface area contributed by atoms with Gasteiger partial charge in [-0.2, -0.15) is 5.10 Å². The summed E-state index contributed by atoms with van der Waals surface area (Å²) < 4.78 is 2.62. The quantitative estimate of drug-likeness (QED) is 0.802. The van der Waals surface area contributed by atoms with Crippen LogP contribution in [0.15, 0.2) is 10.7 Å². The Labute approximate surface area is 128 Å². The van der Waals surface area contributed by atoms with Crippen LogP contribution >= 0.6 is 15.9 Å². The van der Waals surface area contributed by atoms with Crippen molar-refractivity contribution in [2.75, 3.05) is 27.2 Å². The summed E-state index contributed by atoms with van der Waals surface area (Å²) >= 11 is 3.48. The third-order valence-corrected chi connectivity index (χ3v) is 4.63. The minimum absolute atomic E-state index is 0.167. The molecule has 6 heteroatoms. The maximum atomic E-state index is 13.0. The molecule has 0 aliphatic carbocycles. The molecule has 0 aromatic carbocycles. The van der Waals surface area contributed by atoms with E-state index in [9.17, 15) is 4.79 Å². The van der Waals surface area contributed by atoms with Crippen LogP contribution in [0.3, 0.4) is 0 Å². The molecular weight excluding hydrogens is 320 g/mol. The fourth-order valence-electron chi connectivity index (χ4n) is 2.74. The summed E-state index contributed by atoms with van der Waals surface area (Å²) in [5, 5.41) is 7.75. The molecule has 1 N–H and O–H groups in total. The summed E-state index contributed by atoms with van der Waals surface area (Å²) in [7, 11) is 4.04. The molecular formula is C14H23BrN4O. The van der Waals surface area contributed by atoms with Gasteiger partial charge in [0.1, 0.15) is 5.69 Å². The Morgan fingerprint density at radius 3 is 2.90 bits per heavy atom. The van der Waals surface area contributed by atoms with Gasteiger partial charge in [0.25, 0.3) is 0 Å². The lowest BCUT2D eigenvalue weighted by molar-refractivity contribution is 0.0850. The van der Waals surface area contributed by atoms with E-state index in [4.69, 9.17) is 0 Å². The van der Waals surface area contributed by atoms with Crippen LogP contribution in [-0.2, 0) is 6.54 Å². The lowest BCUT2D eigenvalue weighted by Crippen LogP contribution is -2.48. The highest BCUT2D eigenvalue weighted by Gasteiger charge is 2.41. The number of carbonyl (C=O) groups is 1. The van der Waals surface area contributed by atoms with E-state index in [-0.39, 0.29) is 5.78 Å². The summed E-state index contributed by atoms with van der Waals surface area (Å²) in [5.41, 5.74) is 0.293. The van der Waals surface area contributed by atoms with Crippen molar-refractivity contribution < 1.29 is 4.79 Å². The van der Waals surface area contributed by atoms with E-state index in [0.29, 0.717) is 5.69 Å². The lowest BCUT2D eigenvalue weighted by atomic mass is 9.87. The van der Waals surface area contributed by atoms with E-state index in [1.54, 1.807) is 6.20 Å². The van der Waals surface area contributed by atoms with Crippen LogP contribution < -0.4 is 5.32 Å². The predicted molar refractivity (Wildman–Crippen MR) is 83.1 cm³/mol. The molecule has 1 atom stereocenters. The van der Waals surface area contributed by atoms with Crippen LogP contribution in [0, 0.1) is 0 Å². The number of Topliss-reactive ketones (excluding diaryl/α,β-unsaturated/α-hetero) is 1. The van der Waals surface area contributed by atoms with Crippen LogP contribution in [0.5, 0.6) is 0 Å². The zero-order valence-corrected chi connectivity index (χ0v) is 14.0. The topological polar surface area (TPSA) is 50.2 Å². The first-order chi connectivity index (χ1) is 9.50. The standard InChI is InChI=1S/C14H23BrN4O/c1-4-14(6-5-7-16-14)13(20)12-11(15)10-17-19(12)9-8-18(2)3/h10,16H,4-9H2,1-3H3. The number of aromatic nitrogens is 2. The molecule has 0 spiro atoms. The second-order valence-corrected chi connectivity index (χ2v) is 6.52. The van der Waals surface area contributed by atoms with Crippen LogP contribution in [0.25, 0.3) is 0 Å². The first-order valence-corrected chi connectivity index (χ1v) is 7.95. The van der Waals surface area contributed by atoms with Gasteiger partial charge in [0, 0.05) is 6.54 Å². The van der Waals surface area contributed by atoms with Crippen LogP contribution in [-0.4, -0.2) is 53.2 Å². The molecule has 1 unspecified atom stereocenters. The maximum absolute atomic E-state index is 13.0. The van der Waals surface area contributed by atoms with E-state index in [0.717, 1.165) is 43.4 Å². The Kier molecular flexibility index (Phi) is 4.99. The van der Waals surface area contributed by atoms with Gasteiger partial charge in [-0.3, -0.25) is 9.48 Å². The molecule has 1 saturated heterocycles. The minimum Gasteiger partial charge on any atom is -0.308 e. The minimum atomic E-state index is -0.404. The second-order valence-electron chi connectivity index (χ2n) is 5.66. The van der Waals surface area contributed by atoms with Crippen LogP contribution in [0.2, 0.25) is 0 Å². The number of likely N-dealkylation sites (N-methyl/N-ethyl adjacent to an activating group) is 1. The molecule has 1 aliphatic rings. The van der Waals surface area contributed by atoms with Gasteiger partial charge in [-0.1, -0.05) is 6.92 Å². The zero-order chi connectivity index (χ0) is 14.8. The Balaban J connectivity index is 2.27. The van der Waals surface area contributed by atoms with Gasteiger partial charge in [-0.25, -0.2) is 0 Å². The zero-order valence-electron chi connectivity index (χ0n) is 12.4. The molecule has 2 heterocycles. The highest BCUT2D eigenvalue weighted by Crippen LogP contribution is 2.30. The molecule has 112 valence electrons. The van der Waals surface area contributed by atoms with Crippen molar-refractivity contribution in [2.24, 2.45) is 0 Å². The molecule has 1 aromatic heterocycles. The van der Waals surface area contributed by atoms with E-state index in [1.807, 2.05) is 18.8 Å². The highest BCUT2D eigenvalue weighted by molar-refractivity contribution is 9.10. The molecule has 0 bridgehead atoms. The Morgan fingerprint density at radius 1 is 1.60 bits per heavy atom. The number of hydrogen-bond acceptors (Lipinski definition) is 4. The Hall–Kier alpha value is -0.720.